The topological polar surface area (TPSA) is 71.3 Å². The van der Waals surface area contributed by atoms with E-state index in [0.717, 1.165) is 31.5 Å². The summed E-state index contributed by atoms with van der Waals surface area (Å²) in [5.74, 6) is 1.08. The number of amides is 1. The van der Waals surface area contributed by atoms with Crippen molar-refractivity contribution in [2.75, 3.05) is 18.0 Å². The van der Waals surface area contributed by atoms with Crippen LogP contribution in [-0.2, 0) is 11.2 Å². The fraction of sp³-hybridized carbons (Fsp3) is 0.375. The van der Waals surface area contributed by atoms with Gasteiger partial charge in [-0.2, -0.15) is 4.98 Å². The number of carbonyl (C=O) groups is 1. The van der Waals surface area contributed by atoms with Crippen molar-refractivity contribution in [2.45, 2.75) is 45.1 Å². The van der Waals surface area contributed by atoms with Crippen LogP contribution in [0.5, 0.6) is 0 Å². The molecule has 1 fully saturated rings. The van der Waals surface area contributed by atoms with Crippen molar-refractivity contribution in [1.82, 2.24) is 15.5 Å². The second-order valence-corrected chi connectivity index (χ2v) is 8.42. The maximum absolute atomic E-state index is 12.4. The van der Waals surface area contributed by atoms with Crippen LogP contribution < -0.4 is 10.2 Å². The number of nitrogens with zero attached hydrogens (tertiary/aromatic N) is 3. The number of benzene rings is 2. The van der Waals surface area contributed by atoms with Crippen molar-refractivity contribution in [2.24, 2.45) is 0 Å². The molecule has 0 radical (unpaired) electrons. The highest BCUT2D eigenvalue weighted by molar-refractivity contribution is 6.33. The molecule has 1 saturated heterocycles. The third-order valence-electron chi connectivity index (χ3n) is 5.60. The standard InChI is InChI=1S/C24H27ClN4O2/c1-17-6-4-7-19(16-17)29-14-12-18(13-15-29)26-22(30)10-5-11-23-27-24(28-31-23)20-8-2-3-9-21(20)25/h2-4,6-9,16,18H,5,10-15H2,1H3,(H,26,30). The monoisotopic (exact) mass is 438 g/mol. The Morgan fingerprint density at radius 2 is 2.00 bits per heavy atom. The van der Waals surface area contributed by atoms with Gasteiger partial charge in [-0.05, 0) is 56.0 Å². The minimum Gasteiger partial charge on any atom is -0.371 e. The number of anilines is 1. The number of nitrogens with one attached hydrogen (secondary N) is 1. The number of aryl methyl sites for hydroxylation is 2. The first-order valence-corrected chi connectivity index (χ1v) is 11.1. The molecule has 162 valence electrons. The van der Waals surface area contributed by atoms with Crippen LogP contribution in [-0.4, -0.2) is 35.2 Å². The summed E-state index contributed by atoms with van der Waals surface area (Å²) in [7, 11) is 0. The zero-order chi connectivity index (χ0) is 21.6. The van der Waals surface area contributed by atoms with Gasteiger partial charge in [0.2, 0.25) is 17.6 Å². The van der Waals surface area contributed by atoms with Crippen LogP contribution >= 0.6 is 11.6 Å². The molecule has 1 N–H and O–H groups in total. The molecule has 1 aromatic heterocycles. The highest BCUT2D eigenvalue weighted by atomic mass is 35.5. The quantitative estimate of drug-likeness (QED) is 0.573. The Labute approximate surface area is 187 Å². The lowest BCUT2D eigenvalue weighted by molar-refractivity contribution is -0.122. The lowest BCUT2D eigenvalue weighted by Crippen LogP contribution is -2.44. The summed E-state index contributed by atoms with van der Waals surface area (Å²) in [6.45, 7) is 4.03. The van der Waals surface area contributed by atoms with Gasteiger partial charge in [0.25, 0.3) is 0 Å². The molecular weight excluding hydrogens is 412 g/mol. The summed E-state index contributed by atoms with van der Waals surface area (Å²) in [6, 6.07) is 16.2. The Kier molecular flexibility index (Phi) is 6.87. The van der Waals surface area contributed by atoms with Crippen molar-refractivity contribution >= 4 is 23.2 Å². The van der Waals surface area contributed by atoms with E-state index in [2.05, 4.69) is 51.5 Å². The Hall–Kier alpha value is -2.86. The highest BCUT2D eigenvalue weighted by Gasteiger charge is 2.21. The molecule has 1 aliphatic rings. The summed E-state index contributed by atoms with van der Waals surface area (Å²) in [4.78, 5) is 19.1. The van der Waals surface area contributed by atoms with Crippen LogP contribution in [0.4, 0.5) is 5.69 Å². The van der Waals surface area contributed by atoms with Gasteiger partial charge in [0.15, 0.2) is 0 Å². The van der Waals surface area contributed by atoms with Crippen molar-refractivity contribution in [3.05, 3.63) is 65.0 Å². The fourth-order valence-corrected chi connectivity index (χ4v) is 4.14. The fourth-order valence-electron chi connectivity index (χ4n) is 3.92. The summed E-state index contributed by atoms with van der Waals surface area (Å²) in [5.41, 5.74) is 3.28. The zero-order valence-corrected chi connectivity index (χ0v) is 18.4. The van der Waals surface area contributed by atoms with Gasteiger partial charge in [-0.3, -0.25) is 4.79 Å². The van der Waals surface area contributed by atoms with E-state index in [9.17, 15) is 4.79 Å². The van der Waals surface area contributed by atoms with Crippen LogP contribution in [0.2, 0.25) is 5.02 Å². The molecule has 3 aromatic rings. The smallest absolute Gasteiger partial charge is 0.226 e. The molecule has 4 rings (SSSR count). The number of aromatic nitrogens is 2. The van der Waals surface area contributed by atoms with Crippen LogP contribution in [0, 0.1) is 6.92 Å². The number of hydrogen-bond donors (Lipinski definition) is 1. The van der Waals surface area contributed by atoms with Gasteiger partial charge < -0.3 is 14.7 Å². The first kappa shape index (κ1) is 21.4. The second-order valence-electron chi connectivity index (χ2n) is 8.01. The first-order chi connectivity index (χ1) is 15.1. The molecule has 0 unspecified atom stereocenters. The SMILES string of the molecule is Cc1cccc(N2CCC(NC(=O)CCCc3nc(-c4ccccc4Cl)no3)CC2)c1. The van der Waals surface area contributed by atoms with E-state index in [1.165, 1.54) is 11.3 Å². The molecular formula is C24H27ClN4O2. The van der Waals surface area contributed by atoms with Gasteiger partial charge in [-0.25, -0.2) is 0 Å². The van der Waals surface area contributed by atoms with Crippen molar-refractivity contribution < 1.29 is 9.32 Å². The van der Waals surface area contributed by atoms with Crippen molar-refractivity contribution in [3.8, 4) is 11.4 Å². The number of halogens is 1. The number of hydrogen-bond acceptors (Lipinski definition) is 5. The van der Waals surface area contributed by atoms with Crippen molar-refractivity contribution in [3.63, 3.8) is 0 Å². The van der Waals surface area contributed by atoms with Gasteiger partial charge >= 0.3 is 0 Å². The molecule has 0 bridgehead atoms. The molecule has 0 aliphatic carbocycles. The van der Waals surface area contributed by atoms with Gasteiger partial charge in [0.1, 0.15) is 0 Å². The molecule has 0 atom stereocenters. The summed E-state index contributed by atoms with van der Waals surface area (Å²) in [6.07, 6.45) is 3.60. The van der Waals surface area contributed by atoms with Gasteiger partial charge in [-0.1, -0.05) is 41.0 Å². The van der Waals surface area contributed by atoms with Gasteiger partial charge in [0.05, 0.1) is 5.02 Å². The molecule has 31 heavy (non-hydrogen) atoms. The van der Waals surface area contributed by atoms with Crippen LogP contribution in [0.3, 0.4) is 0 Å². The average Bonchev–Trinajstić information content (AvgIpc) is 3.23. The van der Waals surface area contributed by atoms with Gasteiger partial charge in [-0.15, -0.1) is 0 Å². The maximum Gasteiger partial charge on any atom is 0.226 e. The summed E-state index contributed by atoms with van der Waals surface area (Å²) in [5, 5.41) is 7.76. The Morgan fingerprint density at radius 3 is 2.77 bits per heavy atom. The van der Waals surface area contributed by atoms with E-state index in [0.29, 0.717) is 36.0 Å². The number of piperidine rings is 1. The second kappa shape index (κ2) is 9.96. The van der Waals surface area contributed by atoms with Crippen LogP contribution in [0.15, 0.2) is 53.1 Å². The third-order valence-corrected chi connectivity index (χ3v) is 5.93. The summed E-state index contributed by atoms with van der Waals surface area (Å²) >= 11 is 6.18. The van der Waals surface area contributed by atoms with E-state index >= 15 is 0 Å². The predicted molar refractivity (Wildman–Crippen MR) is 122 cm³/mol. The Morgan fingerprint density at radius 1 is 1.19 bits per heavy atom. The minimum atomic E-state index is 0.0832. The lowest BCUT2D eigenvalue weighted by atomic mass is 10.0. The predicted octanol–water partition coefficient (Wildman–Crippen LogP) is 4.81. The van der Waals surface area contributed by atoms with Crippen LogP contribution in [0.25, 0.3) is 11.4 Å². The average molecular weight is 439 g/mol. The van der Waals surface area contributed by atoms with Crippen LogP contribution in [0.1, 0.15) is 37.1 Å². The normalized spacial score (nSPS) is 14.6. The van der Waals surface area contributed by atoms with Crippen molar-refractivity contribution in [1.29, 1.82) is 0 Å². The Bertz CT molecular complexity index is 1030. The molecule has 0 spiro atoms. The maximum atomic E-state index is 12.4. The number of carbonyl (C=O) groups excluding carboxylic acids is 1. The highest BCUT2D eigenvalue weighted by Crippen LogP contribution is 2.25. The minimum absolute atomic E-state index is 0.0832. The summed E-state index contributed by atoms with van der Waals surface area (Å²) < 4.78 is 5.31. The van der Waals surface area contributed by atoms with Gasteiger partial charge in [0, 0.05) is 43.2 Å². The Balaban J connectivity index is 1.19. The van der Waals surface area contributed by atoms with E-state index in [-0.39, 0.29) is 11.9 Å². The molecule has 2 aromatic carbocycles. The van der Waals surface area contributed by atoms with E-state index in [1.807, 2.05) is 18.2 Å². The molecule has 1 amide bonds. The number of rotatable bonds is 7. The zero-order valence-electron chi connectivity index (χ0n) is 17.7. The van der Waals surface area contributed by atoms with E-state index in [4.69, 9.17) is 16.1 Å². The molecule has 7 heteroatoms. The molecule has 2 heterocycles. The molecule has 6 nitrogen and oxygen atoms in total. The lowest BCUT2D eigenvalue weighted by Gasteiger charge is -2.34. The third kappa shape index (κ3) is 5.64. The molecule has 0 saturated carbocycles. The van der Waals surface area contributed by atoms with E-state index in [1.54, 1.807) is 6.07 Å². The first-order valence-electron chi connectivity index (χ1n) is 10.8. The van der Waals surface area contributed by atoms with E-state index < -0.39 is 0 Å². The molecule has 1 aliphatic heterocycles. The largest absolute Gasteiger partial charge is 0.371 e.